The van der Waals surface area contributed by atoms with Gasteiger partial charge in [-0.25, -0.2) is 4.98 Å². The van der Waals surface area contributed by atoms with E-state index in [1.165, 1.54) is 44.9 Å². The van der Waals surface area contributed by atoms with Crippen LogP contribution in [0, 0.1) is 11.8 Å². The fourth-order valence-electron chi connectivity index (χ4n) is 4.03. The number of carbonyl (C=O) groups is 1. The molecular formula is C27H36ClN7O. The van der Waals surface area contributed by atoms with Gasteiger partial charge in [-0.05, 0) is 42.4 Å². The molecule has 0 bridgehead atoms. The third-order valence-corrected chi connectivity index (χ3v) is 6.71. The molecule has 2 aliphatic carbocycles. The molecule has 3 N–H and O–H groups in total. The maximum Gasteiger partial charge on any atom is 0.239 e. The fourth-order valence-corrected chi connectivity index (χ4v) is 4.16. The Morgan fingerprint density at radius 2 is 1.83 bits per heavy atom. The fraction of sp³-hybridized carbons (Fsp3) is 0.481. The standard InChI is InChI=1S/C20H22ClN7O.C7H14/c21-16-5-3-15(4-6-16)10-24-19(29)12-23-17-9-18(28-8-7-22-13-28)27-20(26-17)25-11-14-1-2-14;1-7-5-3-2-4-6-7/h3-9,13-14H,1-2,10-12H2,(H,24,29)(H2,23,25,26,27);7H,2-6H2,1H3. The first-order valence-corrected chi connectivity index (χ1v) is 13.3. The highest BCUT2D eigenvalue weighted by Gasteiger charge is 2.21. The molecule has 0 saturated heterocycles. The van der Waals surface area contributed by atoms with Crippen LogP contribution < -0.4 is 16.0 Å². The topological polar surface area (TPSA) is 96.8 Å². The molecule has 0 radical (unpaired) electrons. The van der Waals surface area contributed by atoms with Gasteiger partial charge in [0.25, 0.3) is 0 Å². The number of halogens is 1. The molecule has 0 atom stereocenters. The summed E-state index contributed by atoms with van der Waals surface area (Å²) in [6.45, 7) is 3.76. The number of imidazole rings is 1. The summed E-state index contributed by atoms with van der Waals surface area (Å²) in [5.41, 5.74) is 0.985. The van der Waals surface area contributed by atoms with Crippen molar-refractivity contribution < 1.29 is 4.79 Å². The van der Waals surface area contributed by atoms with Crippen molar-refractivity contribution in [3.8, 4) is 5.82 Å². The summed E-state index contributed by atoms with van der Waals surface area (Å²) in [5.74, 6) is 3.39. The number of nitrogens with one attached hydrogen (secondary N) is 3. The van der Waals surface area contributed by atoms with E-state index in [4.69, 9.17) is 11.6 Å². The van der Waals surface area contributed by atoms with Crippen molar-refractivity contribution in [3.05, 3.63) is 59.6 Å². The van der Waals surface area contributed by atoms with Crippen molar-refractivity contribution in [3.63, 3.8) is 0 Å². The van der Waals surface area contributed by atoms with E-state index in [0.29, 0.717) is 35.1 Å². The van der Waals surface area contributed by atoms with E-state index in [-0.39, 0.29) is 12.5 Å². The van der Waals surface area contributed by atoms with Gasteiger partial charge < -0.3 is 16.0 Å². The minimum atomic E-state index is -0.129. The first-order valence-electron chi connectivity index (χ1n) is 12.9. The zero-order chi connectivity index (χ0) is 25.2. The van der Waals surface area contributed by atoms with Crippen molar-refractivity contribution in [2.45, 2.75) is 58.4 Å². The quantitative estimate of drug-likeness (QED) is 0.355. The molecule has 2 aromatic heterocycles. The van der Waals surface area contributed by atoms with E-state index in [1.54, 1.807) is 35.3 Å². The van der Waals surface area contributed by atoms with Crippen LogP contribution in [-0.2, 0) is 11.3 Å². The molecule has 2 aliphatic rings. The normalized spacial score (nSPS) is 15.5. The Labute approximate surface area is 218 Å². The predicted molar refractivity (Wildman–Crippen MR) is 144 cm³/mol. The van der Waals surface area contributed by atoms with Crippen LogP contribution in [0.2, 0.25) is 5.02 Å². The maximum absolute atomic E-state index is 12.2. The summed E-state index contributed by atoms with van der Waals surface area (Å²) in [6.07, 6.45) is 15.1. The van der Waals surface area contributed by atoms with Crippen LogP contribution in [0.25, 0.3) is 5.82 Å². The summed E-state index contributed by atoms with van der Waals surface area (Å²) < 4.78 is 1.80. The highest BCUT2D eigenvalue weighted by molar-refractivity contribution is 6.30. The van der Waals surface area contributed by atoms with E-state index >= 15 is 0 Å². The number of hydrogen-bond donors (Lipinski definition) is 3. The summed E-state index contributed by atoms with van der Waals surface area (Å²) >= 11 is 5.88. The number of aromatic nitrogens is 4. The molecule has 2 saturated carbocycles. The molecule has 1 aromatic carbocycles. The highest BCUT2D eigenvalue weighted by Crippen LogP contribution is 2.28. The predicted octanol–water partition coefficient (Wildman–Crippen LogP) is 5.45. The Morgan fingerprint density at radius 1 is 1.06 bits per heavy atom. The van der Waals surface area contributed by atoms with Crippen LogP contribution in [0.15, 0.2) is 49.1 Å². The Kier molecular flexibility index (Phi) is 9.55. The van der Waals surface area contributed by atoms with Crippen molar-refractivity contribution in [1.82, 2.24) is 24.8 Å². The van der Waals surface area contributed by atoms with E-state index in [0.717, 1.165) is 18.0 Å². The molecule has 2 heterocycles. The molecule has 9 heteroatoms. The molecule has 2 fully saturated rings. The zero-order valence-electron chi connectivity index (χ0n) is 20.9. The van der Waals surface area contributed by atoms with Crippen molar-refractivity contribution >= 4 is 29.3 Å². The lowest BCUT2D eigenvalue weighted by Gasteiger charge is -2.15. The third kappa shape index (κ3) is 8.82. The van der Waals surface area contributed by atoms with Crippen LogP contribution in [0.5, 0.6) is 0 Å². The molecular weight excluding hydrogens is 474 g/mol. The van der Waals surface area contributed by atoms with Crippen molar-refractivity contribution in [2.75, 3.05) is 23.7 Å². The van der Waals surface area contributed by atoms with Gasteiger partial charge in [0.05, 0.1) is 6.54 Å². The van der Waals surface area contributed by atoms with E-state index < -0.39 is 0 Å². The van der Waals surface area contributed by atoms with Crippen LogP contribution in [0.3, 0.4) is 0 Å². The average Bonchev–Trinajstić information content (AvgIpc) is 3.56. The molecule has 1 amide bonds. The van der Waals surface area contributed by atoms with Crippen LogP contribution in [-0.4, -0.2) is 38.5 Å². The monoisotopic (exact) mass is 509 g/mol. The molecule has 8 nitrogen and oxygen atoms in total. The van der Waals surface area contributed by atoms with Gasteiger partial charge in [0.15, 0.2) is 0 Å². The van der Waals surface area contributed by atoms with Gasteiger partial charge in [-0.3, -0.25) is 9.36 Å². The zero-order valence-corrected chi connectivity index (χ0v) is 21.7. The smallest absolute Gasteiger partial charge is 0.239 e. The Morgan fingerprint density at radius 3 is 2.47 bits per heavy atom. The number of nitrogens with zero attached hydrogens (tertiary/aromatic N) is 4. The van der Waals surface area contributed by atoms with Gasteiger partial charge in [0, 0.05) is 36.6 Å². The van der Waals surface area contributed by atoms with E-state index in [1.807, 2.05) is 18.3 Å². The number of rotatable bonds is 9. The van der Waals surface area contributed by atoms with Crippen LogP contribution >= 0.6 is 11.6 Å². The molecule has 0 unspecified atom stereocenters. The lowest BCUT2D eigenvalue weighted by Crippen LogP contribution is -2.29. The Balaban J connectivity index is 0.000000375. The number of anilines is 2. The van der Waals surface area contributed by atoms with E-state index in [9.17, 15) is 4.79 Å². The van der Waals surface area contributed by atoms with Gasteiger partial charge in [0.2, 0.25) is 11.9 Å². The summed E-state index contributed by atoms with van der Waals surface area (Å²) in [6, 6.07) is 9.16. The van der Waals surface area contributed by atoms with Crippen LogP contribution in [0.4, 0.5) is 11.8 Å². The number of benzene rings is 1. The molecule has 5 rings (SSSR count). The van der Waals surface area contributed by atoms with Gasteiger partial charge in [0.1, 0.15) is 18.0 Å². The minimum absolute atomic E-state index is 0.107. The summed E-state index contributed by atoms with van der Waals surface area (Å²) in [4.78, 5) is 25.3. The molecule has 192 valence electrons. The molecule has 0 spiro atoms. The highest BCUT2D eigenvalue weighted by atomic mass is 35.5. The lowest BCUT2D eigenvalue weighted by molar-refractivity contribution is -0.119. The Hall–Kier alpha value is -3.13. The molecule has 36 heavy (non-hydrogen) atoms. The maximum atomic E-state index is 12.2. The number of hydrogen-bond acceptors (Lipinski definition) is 6. The van der Waals surface area contributed by atoms with Gasteiger partial charge in [-0.15, -0.1) is 0 Å². The van der Waals surface area contributed by atoms with Crippen LogP contribution in [0.1, 0.15) is 57.4 Å². The van der Waals surface area contributed by atoms with Gasteiger partial charge in [-0.2, -0.15) is 9.97 Å². The second-order valence-electron chi connectivity index (χ2n) is 9.73. The molecule has 0 aliphatic heterocycles. The van der Waals surface area contributed by atoms with Gasteiger partial charge >= 0.3 is 0 Å². The average molecular weight is 510 g/mol. The second kappa shape index (κ2) is 13.3. The van der Waals surface area contributed by atoms with Crippen molar-refractivity contribution in [1.29, 1.82) is 0 Å². The summed E-state index contributed by atoms with van der Waals surface area (Å²) in [5, 5.41) is 9.91. The lowest BCUT2D eigenvalue weighted by atomic mass is 9.91. The largest absolute Gasteiger partial charge is 0.361 e. The SMILES string of the molecule is CC1CCCCC1.O=C(CNc1cc(-n2ccnc2)nc(NCC2CC2)n1)NCc1ccc(Cl)cc1. The van der Waals surface area contributed by atoms with E-state index in [2.05, 4.69) is 37.8 Å². The third-order valence-electron chi connectivity index (χ3n) is 6.45. The first kappa shape index (κ1) is 25.9. The number of carbonyl (C=O) groups excluding carboxylic acids is 1. The summed E-state index contributed by atoms with van der Waals surface area (Å²) in [7, 11) is 0. The first-order chi connectivity index (χ1) is 17.5. The number of amides is 1. The second-order valence-corrected chi connectivity index (χ2v) is 10.2. The Bertz CT molecular complexity index is 1080. The minimum Gasteiger partial charge on any atom is -0.361 e. The van der Waals surface area contributed by atoms with Crippen molar-refractivity contribution in [2.24, 2.45) is 11.8 Å². The van der Waals surface area contributed by atoms with Gasteiger partial charge in [-0.1, -0.05) is 62.8 Å². The molecule has 3 aromatic rings.